The Morgan fingerprint density at radius 3 is 2.03 bits per heavy atom. The van der Waals surface area contributed by atoms with Crippen molar-refractivity contribution in [2.45, 2.75) is 51.4 Å². The van der Waals surface area contributed by atoms with E-state index in [0.717, 1.165) is 51.5 Å². The van der Waals surface area contributed by atoms with Crippen LogP contribution in [0, 0.1) is 10.1 Å². The third-order valence-electron chi connectivity index (χ3n) is 8.17. The zero-order chi connectivity index (χ0) is 25.2. The number of hydrogen-bond acceptors (Lipinski definition) is 2. The van der Waals surface area contributed by atoms with Crippen molar-refractivity contribution in [1.82, 2.24) is 4.57 Å². The van der Waals surface area contributed by atoms with Crippen molar-refractivity contribution < 1.29 is 4.92 Å². The molecule has 0 amide bonds. The number of nitro benzene ring substituents is 1. The summed E-state index contributed by atoms with van der Waals surface area (Å²) in [6, 6.07) is 28.8. The molecule has 4 heteroatoms. The molecule has 4 aromatic carbocycles. The van der Waals surface area contributed by atoms with Crippen LogP contribution in [0.5, 0.6) is 0 Å². The van der Waals surface area contributed by atoms with Gasteiger partial charge in [0, 0.05) is 28.1 Å². The highest BCUT2D eigenvalue weighted by molar-refractivity contribution is 6.14. The van der Waals surface area contributed by atoms with Gasteiger partial charge in [0.2, 0.25) is 0 Å². The van der Waals surface area contributed by atoms with Crippen LogP contribution >= 0.6 is 0 Å². The first-order valence-electron chi connectivity index (χ1n) is 12.6. The second kappa shape index (κ2) is 7.79. The van der Waals surface area contributed by atoms with Crippen molar-refractivity contribution in [3.63, 3.8) is 0 Å². The summed E-state index contributed by atoms with van der Waals surface area (Å²) in [6.45, 7) is 8.94. The molecule has 4 nitrogen and oxygen atoms in total. The van der Waals surface area contributed by atoms with Crippen molar-refractivity contribution in [2.24, 2.45) is 0 Å². The van der Waals surface area contributed by atoms with Gasteiger partial charge in [0.25, 0.3) is 5.69 Å². The van der Waals surface area contributed by atoms with E-state index in [1.54, 1.807) is 0 Å². The standard InChI is InChI=1S/C32H30N2O2/c1-31(2)17-18-32(3,4)27-20-29(34(35)36)25(19-26(27)31)24-15-10-14-23-22-13-8-9-16-28(22)33(30(23)24)21-11-6-5-7-12-21/h5-16,19-20H,17-18H2,1-4H3. The van der Waals surface area contributed by atoms with Crippen LogP contribution in [0.4, 0.5) is 5.69 Å². The van der Waals surface area contributed by atoms with Crippen LogP contribution < -0.4 is 0 Å². The average molecular weight is 475 g/mol. The number of benzene rings is 4. The number of nitro groups is 1. The minimum Gasteiger partial charge on any atom is -0.309 e. The molecule has 180 valence electrons. The van der Waals surface area contributed by atoms with E-state index in [1.807, 2.05) is 42.5 Å². The molecule has 0 bridgehead atoms. The van der Waals surface area contributed by atoms with Gasteiger partial charge in [0.05, 0.1) is 21.5 Å². The summed E-state index contributed by atoms with van der Waals surface area (Å²) in [4.78, 5) is 12.3. The molecule has 1 aromatic heterocycles. The first-order valence-corrected chi connectivity index (χ1v) is 12.6. The summed E-state index contributed by atoms with van der Waals surface area (Å²) < 4.78 is 2.25. The van der Waals surface area contributed by atoms with Gasteiger partial charge in [-0.2, -0.15) is 0 Å². The molecule has 0 saturated heterocycles. The van der Waals surface area contributed by atoms with Gasteiger partial charge in [-0.15, -0.1) is 0 Å². The molecule has 0 unspecified atom stereocenters. The van der Waals surface area contributed by atoms with E-state index in [2.05, 4.69) is 74.7 Å². The number of nitrogens with zero attached hydrogens (tertiary/aromatic N) is 2. The molecule has 0 spiro atoms. The maximum Gasteiger partial charge on any atom is 0.277 e. The Kier molecular flexibility index (Phi) is 4.88. The molecule has 5 aromatic rings. The summed E-state index contributed by atoms with van der Waals surface area (Å²) in [7, 11) is 0. The average Bonchev–Trinajstić information content (AvgIpc) is 3.21. The highest BCUT2D eigenvalue weighted by Crippen LogP contribution is 2.50. The Morgan fingerprint density at radius 1 is 0.722 bits per heavy atom. The molecule has 0 radical (unpaired) electrons. The Balaban J connectivity index is 1.77. The molecule has 36 heavy (non-hydrogen) atoms. The maximum absolute atomic E-state index is 12.5. The summed E-state index contributed by atoms with van der Waals surface area (Å²) in [5, 5.41) is 14.8. The van der Waals surface area contributed by atoms with E-state index in [4.69, 9.17) is 0 Å². The van der Waals surface area contributed by atoms with Gasteiger partial charge in [-0.3, -0.25) is 10.1 Å². The zero-order valence-electron chi connectivity index (χ0n) is 21.2. The van der Waals surface area contributed by atoms with Crippen LogP contribution in [0.1, 0.15) is 51.7 Å². The van der Waals surface area contributed by atoms with Crippen molar-refractivity contribution in [1.29, 1.82) is 0 Å². The van der Waals surface area contributed by atoms with E-state index in [1.165, 1.54) is 5.56 Å². The van der Waals surface area contributed by atoms with E-state index < -0.39 is 0 Å². The monoisotopic (exact) mass is 474 g/mol. The lowest BCUT2D eigenvalue weighted by Gasteiger charge is -2.41. The maximum atomic E-state index is 12.5. The van der Waals surface area contributed by atoms with E-state index >= 15 is 0 Å². The largest absolute Gasteiger partial charge is 0.309 e. The number of hydrogen-bond donors (Lipinski definition) is 0. The third kappa shape index (κ3) is 3.28. The molecular weight excluding hydrogens is 444 g/mol. The van der Waals surface area contributed by atoms with Crippen molar-refractivity contribution >= 4 is 27.5 Å². The molecule has 6 rings (SSSR count). The molecule has 1 aliphatic carbocycles. The highest BCUT2D eigenvalue weighted by atomic mass is 16.6. The van der Waals surface area contributed by atoms with Crippen molar-refractivity contribution in [2.75, 3.05) is 0 Å². The molecule has 1 aliphatic rings. The second-order valence-corrected chi connectivity index (χ2v) is 11.3. The van der Waals surface area contributed by atoms with Crippen molar-refractivity contribution in [3.8, 4) is 16.8 Å². The lowest BCUT2D eigenvalue weighted by Crippen LogP contribution is -2.34. The van der Waals surface area contributed by atoms with Crippen molar-refractivity contribution in [3.05, 3.63) is 106 Å². The smallest absolute Gasteiger partial charge is 0.277 e. The predicted molar refractivity (Wildman–Crippen MR) is 148 cm³/mol. The number of rotatable bonds is 3. The van der Waals surface area contributed by atoms with Crippen LogP contribution in [0.25, 0.3) is 38.6 Å². The van der Waals surface area contributed by atoms with Gasteiger partial charge in [0.15, 0.2) is 0 Å². The predicted octanol–water partition coefficient (Wildman–Crippen LogP) is 8.71. The highest BCUT2D eigenvalue weighted by Gasteiger charge is 2.39. The molecule has 0 aliphatic heterocycles. The van der Waals surface area contributed by atoms with Gasteiger partial charge < -0.3 is 4.57 Å². The lowest BCUT2D eigenvalue weighted by atomic mass is 9.62. The first kappa shape index (κ1) is 22.5. The van der Waals surface area contributed by atoms with Crippen LogP contribution in [-0.2, 0) is 10.8 Å². The third-order valence-corrected chi connectivity index (χ3v) is 8.17. The Morgan fingerprint density at radius 2 is 1.33 bits per heavy atom. The number of fused-ring (bicyclic) bond motifs is 4. The molecule has 0 N–H and O–H groups in total. The summed E-state index contributed by atoms with van der Waals surface area (Å²) in [5.74, 6) is 0. The Hall–Kier alpha value is -3.92. The number of aromatic nitrogens is 1. The summed E-state index contributed by atoms with van der Waals surface area (Å²) >= 11 is 0. The number of para-hydroxylation sites is 3. The second-order valence-electron chi connectivity index (χ2n) is 11.3. The van der Waals surface area contributed by atoms with E-state index in [0.29, 0.717) is 5.56 Å². The Labute approximate surface area is 211 Å². The van der Waals surface area contributed by atoms with Gasteiger partial charge in [-0.25, -0.2) is 0 Å². The molecule has 0 fully saturated rings. The topological polar surface area (TPSA) is 48.1 Å². The first-order chi connectivity index (χ1) is 17.2. The van der Waals surface area contributed by atoms with Gasteiger partial charge in [0.1, 0.15) is 0 Å². The molecular formula is C32H30N2O2. The summed E-state index contributed by atoms with van der Waals surface area (Å²) in [5.41, 5.74) is 7.07. The SMILES string of the molecule is CC1(C)CCC(C)(C)c2cc([N+](=O)[O-])c(-c3cccc4c5ccccc5n(-c5ccccc5)c34)cc21. The van der Waals surface area contributed by atoms with Crippen LogP contribution in [-0.4, -0.2) is 9.49 Å². The normalized spacial score (nSPS) is 16.2. The minimum atomic E-state index is -0.207. The van der Waals surface area contributed by atoms with Crippen LogP contribution in [0.3, 0.4) is 0 Å². The zero-order valence-corrected chi connectivity index (χ0v) is 21.2. The molecule has 1 heterocycles. The Bertz CT molecular complexity index is 1660. The minimum absolute atomic E-state index is 0.0469. The van der Waals surface area contributed by atoms with Crippen LogP contribution in [0.2, 0.25) is 0 Å². The van der Waals surface area contributed by atoms with E-state index in [9.17, 15) is 10.1 Å². The van der Waals surface area contributed by atoms with Crippen LogP contribution in [0.15, 0.2) is 84.9 Å². The molecule has 0 atom stereocenters. The fourth-order valence-electron chi connectivity index (χ4n) is 6.05. The molecule has 0 saturated carbocycles. The fourth-order valence-corrected chi connectivity index (χ4v) is 6.05. The fraction of sp³-hybridized carbons (Fsp3) is 0.250. The lowest BCUT2D eigenvalue weighted by molar-refractivity contribution is -0.384. The van der Waals surface area contributed by atoms with Gasteiger partial charge in [-0.05, 0) is 59.1 Å². The van der Waals surface area contributed by atoms with E-state index in [-0.39, 0.29) is 21.4 Å². The quantitative estimate of drug-likeness (QED) is 0.194. The van der Waals surface area contributed by atoms with Gasteiger partial charge in [-0.1, -0.05) is 82.3 Å². The van der Waals surface area contributed by atoms with Gasteiger partial charge >= 0.3 is 0 Å². The summed E-state index contributed by atoms with van der Waals surface area (Å²) in [6.07, 6.45) is 2.07.